The van der Waals surface area contributed by atoms with Gasteiger partial charge in [-0.1, -0.05) is 12.1 Å². The number of fused-ring (bicyclic) bond motifs is 2. The van der Waals surface area contributed by atoms with Crippen LogP contribution in [0.2, 0.25) is 0 Å². The smallest absolute Gasteiger partial charge is 0.337 e. The highest BCUT2D eigenvalue weighted by atomic mass is 16.5. The van der Waals surface area contributed by atoms with Crippen LogP contribution in [0.1, 0.15) is 5.56 Å². The van der Waals surface area contributed by atoms with Gasteiger partial charge in [-0.25, -0.2) is 4.79 Å². The highest BCUT2D eigenvalue weighted by Crippen LogP contribution is 2.38. The van der Waals surface area contributed by atoms with Crippen LogP contribution in [0.15, 0.2) is 53.7 Å². The molecule has 0 saturated heterocycles. The fourth-order valence-electron chi connectivity index (χ4n) is 3.29. The number of anilines is 1. The van der Waals surface area contributed by atoms with Crippen molar-refractivity contribution in [1.82, 2.24) is 4.90 Å². The molecule has 2 heterocycles. The van der Waals surface area contributed by atoms with Crippen LogP contribution in [0.25, 0.3) is 0 Å². The van der Waals surface area contributed by atoms with Gasteiger partial charge in [-0.2, -0.15) is 0 Å². The van der Waals surface area contributed by atoms with E-state index in [-0.39, 0.29) is 36.9 Å². The molecule has 4 rings (SSSR count). The molecule has 0 radical (unpaired) electrons. The Morgan fingerprint density at radius 3 is 2.76 bits per heavy atom. The maximum absolute atomic E-state index is 12.7. The number of aliphatic hydroxyl groups excluding tert-OH is 1. The van der Waals surface area contributed by atoms with Gasteiger partial charge in [0.2, 0.25) is 0 Å². The van der Waals surface area contributed by atoms with Crippen molar-refractivity contribution in [3.05, 3.63) is 59.3 Å². The Morgan fingerprint density at radius 1 is 1.21 bits per heavy atom. The molecule has 0 bridgehead atoms. The minimum absolute atomic E-state index is 0.0842. The number of β-amino-alcohol motifs (C(OH)–C–C–N with tert-alkyl or cyclic N) is 1. The van der Waals surface area contributed by atoms with E-state index in [1.165, 1.54) is 12.0 Å². The Bertz CT molecular complexity index is 1000. The summed E-state index contributed by atoms with van der Waals surface area (Å²) >= 11 is 0. The molecule has 0 fully saturated rings. The summed E-state index contributed by atoms with van der Waals surface area (Å²) in [5.74, 6) is 0.988. The number of methoxy groups -OCH3 is 1. The number of esters is 1. The van der Waals surface area contributed by atoms with Gasteiger partial charge in [-0.05, 0) is 30.3 Å². The summed E-state index contributed by atoms with van der Waals surface area (Å²) in [5, 5.41) is 12.2. The van der Waals surface area contributed by atoms with E-state index in [4.69, 9.17) is 19.3 Å². The number of nitrogens with zero attached hydrogens (tertiary/aromatic N) is 1. The fraction of sp³-hybridized carbons (Fsp3) is 0.238. The topological polar surface area (TPSA) is 97.3 Å². The quantitative estimate of drug-likeness (QED) is 0.747. The summed E-state index contributed by atoms with van der Waals surface area (Å²) in [5.41, 5.74) is 1.77. The monoisotopic (exact) mass is 396 g/mol. The van der Waals surface area contributed by atoms with E-state index in [0.717, 1.165) is 5.56 Å². The summed E-state index contributed by atoms with van der Waals surface area (Å²) in [7, 11) is 1.26. The minimum atomic E-state index is -0.585. The number of hydrogen-bond donors (Lipinski definition) is 2. The molecule has 8 nitrogen and oxygen atoms in total. The van der Waals surface area contributed by atoms with Crippen molar-refractivity contribution in [3.63, 3.8) is 0 Å². The third-order valence-electron chi connectivity index (χ3n) is 4.74. The molecule has 0 aromatic heterocycles. The first-order valence-corrected chi connectivity index (χ1v) is 9.12. The van der Waals surface area contributed by atoms with Gasteiger partial charge in [-0.3, -0.25) is 4.79 Å². The molecule has 2 aromatic carbocycles. The second kappa shape index (κ2) is 7.84. The zero-order valence-corrected chi connectivity index (χ0v) is 15.8. The van der Waals surface area contributed by atoms with E-state index in [1.807, 2.05) is 30.3 Å². The first-order valence-electron chi connectivity index (χ1n) is 9.12. The molecule has 2 aliphatic rings. The lowest BCUT2D eigenvalue weighted by molar-refractivity contribution is -0.136. The average molecular weight is 396 g/mol. The molecule has 0 spiro atoms. The van der Waals surface area contributed by atoms with Crippen LogP contribution in [-0.4, -0.2) is 48.7 Å². The molecule has 2 aromatic rings. The van der Waals surface area contributed by atoms with Gasteiger partial charge < -0.3 is 29.5 Å². The van der Waals surface area contributed by atoms with Crippen LogP contribution < -0.4 is 14.8 Å². The number of benzene rings is 2. The maximum Gasteiger partial charge on any atom is 0.337 e. The highest BCUT2D eigenvalue weighted by molar-refractivity contribution is 6.08. The number of ether oxygens (including phenoxy) is 3. The van der Waals surface area contributed by atoms with Crippen molar-refractivity contribution in [3.8, 4) is 17.2 Å². The standard InChI is InChI=1S/C21H20N2O6/c1-27-21(26)15-11-23(8-9-24)20(25)19(15)22-14-6-7-16-13(10-14)12-28-17-4-2-3-5-18(17)29-16/h2-7,10,22,24H,8-9,11-12H2,1H3. The average Bonchev–Trinajstić information content (AvgIpc) is 2.93. The normalized spacial score (nSPS) is 15.1. The van der Waals surface area contributed by atoms with Gasteiger partial charge in [0.25, 0.3) is 5.91 Å². The maximum atomic E-state index is 12.7. The van der Waals surface area contributed by atoms with Gasteiger partial charge in [0.05, 0.1) is 25.8 Å². The molecule has 0 unspecified atom stereocenters. The SMILES string of the molecule is COC(=O)C1=C(Nc2ccc3c(c2)COc2ccccc2O3)C(=O)N(CCO)C1. The van der Waals surface area contributed by atoms with Gasteiger partial charge in [0.15, 0.2) is 11.5 Å². The number of carbonyl (C=O) groups excluding carboxylic acids is 2. The number of para-hydroxylation sites is 2. The predicted octanol–water partition coefficient (Wildman–Crippen LogP) is 2.04. The molecular formula is C21H20N2O6. The van der Waals surface area contributed by atoms with E-state index >= 15 is 0 Å². The van der Waals surface area contributed by atoms with Crippen molar-refractivity contribution in [1.29, 1.82) is 0 Å². The van der Waals surface area contributed by atoms with Crippen LogP contribution >= 0.6 is 0 Å². The summed E-state index contributed by atoms with van der Waals surface area (Å²) in [6, 6.07) is 12.8. The second-order valence-electron chi connectivity index (χ2n) is 6.58. The lowest BCUT2D eigenvalue weighted by Crippen LogP contribution is -2.31. The Balaban J connectivity index is 1.61. The molecule has 0 atom stereocenters. The van der Waals surface area contributed by atoms with Crippen LogP contribution in [0, 0.1) is 0 Å². The van der Waals surface area contributed by atoms with Crippen molar-refractivity contribution >= 4 is 17.6 Å². The van der Waals surface area contributed by atoms with Crippen LogP contribution in [0.5, 0.6) is 17.2 Å². The summed E-state index contributed by atoms with van der Waals surface area (Å²) in [6.07, 6.45) is 0. The van der Waals surface area contributed by atoms with Gasteiger partial charge in [-0.15, -0.1) is 0 Å². The molecule has 2 aliphatic heterocycles. The number of nitrogens with one attached hydrogen (secondary N) is 1. The van der Waals surface area contributed by atoms with E-state index < -0.39 is 5.97 Å². The zero-order chi connectivity index (χ0) is 20.4. The summed E-state index contributed by atoms with van der Waals surface area (Å²) in [6.45, 7) is 0.326. The van der Waals surface area contributed by atoms with E-state index in [2.05, 4.69) is 5.32 Å². The molecule has 29 heavy (non-hydrogen) atoms. The van der Waals surface area contributed by atoms with Gasteiger partial charge in [0, 0.05) is 17.8 Å². The number of aliphatic hydroxyl groups is 1. The first-order chi connectivity index (χ1) is 14.1. The van der Waals surface area contributed by atoms with Crippen molar-refractivity contribution < 1.29 is 28.9 Å². The van der Waals surface area contributed by atoms with Crippen molar-refractivity contribution in [2.45, 2.75) is 6.61 Å². The number of rotatable bonds is 5. The van der Waals surface area contributed by atoms with Crippen molar-refractivity contribution in [2.24, 2.45) is 0 Å². The van der Waals surface area contributed by atoms with E-state index in [1.54, 1.807) is 12.1 Å². The molecule has 8 heteroatoms. The lowest BCUT2D eigenvalue weighted by Gasteiger charge is -2.15. The second-order valence-corrected chi connectivity index (χ2v) is 6.58. The van der Waals surface area contributed by atoms with E-state index in [9.17, 15) is 9.59 Å². The number of carbonyl (C=O) groups is 2. The van der Waals surface area contributed by atoms with Gasteiger partial charge >= 0.3 is 5.97 Å². The molecule has 1 amide bonds. The number of amides is 1. The lowest BCUT2D eigenvalue weighted by atomic mass is 10.1. The predicted molar refractivity (Wildman–Crippen MR) is 104 cm³/mol. The minimum Gasteiger partial charge on any atom is -0.485 e. The van der Waals surface area contributed by atoms with E-state index in [0.29, 0.717) is 29.5 Å². The molecule has 0 saturated carbocycles. The number of hydrogen-bond acceptors (Lipinski definition) is 7. The van der Waals surface area contributed by atoms with Crippen LogP contribution in [0.4, 0.5) is 5.69 Å². The fourth-order valence-corrected chi connectivity index (χ4v) is 3.29. The van der Waals surface area contributed by atoms with Gasteiger partial charge in [0.1, 0.15) is 18.1 Å². The first kappa shape index (κ1) is 18.8. The summed E-state index contributed by atoms with van der Waals surface area (Å²) in [4.78, 5) is 26.2. The molecule has 0 aliphatic carbocycles. The van der Waals surface area contributed by atoms with Crippen molar-refractivity contribution in [2.75, 3.05) is 32.1 Å². The molecule has 2 N–H and O–H groups in total. The van der Waals surface area contributed by atoms with Crippen LogP contribution in [0.3, 0.4) is 0 Å². The molecular weight excluding hydrogens is 376 g/mol. The zero-order valence-electron chi connectivity index (χ0n) is 15.8. The third kappa shape index (κ3) is 3.62. The largest absolute Gasteiger partial charge is 0.485 e. The Kier molecular flexibility index (Phi) is 5.09. The summed E-state index contributed by atoms with van der Waals surface area (Å²) < 4.78 is 16.5. The Hall–Kier alpha value is -3.52. The van der Waals surface area contributed by atoms with Crippen LogP contribution in [-0.2, 0) is 20.9 Å². The highest BCUT2D eigenvalue weighted by Gasteiger charge is 2.34. The Morgan fingerprint density at radius 2 is 2.00 bits per heavy atom. The third-order valence-corrected chi connectivity index (χ3v) is 4.74. The molecule has 150 valence electrons. The Labute approximate surface area is 167 Å².